The number of amides is 2. The zero-order valence-corrected chi connectivity index (χ0v) is 18.0. The van der Waals surface area contributed by atoms with Crippen LogP contribution in [0.3, 0.4) is 0 Å². The van der Waals surface area contributed by atoms with Gasteiger partial charge in [-0.2, -0.15) is 4.31 Å². The molecular weight excluding hydrogens is 411 g/mol. The second-order valence-corrected chi connectivity index (χ2v) is 9.77. The maximum atomic E-state index is 13.1. The molecule has 0 saturated carbocycles. The summed E-state index contributed by atoms with van der Waals surface area (Å²) in [5.74, 6) is -0.496. The van der Waals surface area contributed by atoms with Crippen molar-refractivity contribution >= 4 is 21.8 Å². The Morgan fingerprint density at radius 1 is 1.03 bits per heavy atom. The number of nitrogens with one attached hydrogen (secondary N) is 1. The molecule has 0 atom stereocenters. The first-order valence-electron chi connectivity index (χ1n) is 10.3. The van der Waals surface area contributed by atoms with Gasteiger partial charge in [-0.1, -0.05) is 0 Å². The highest BCUT2D eigenvalue weighted by atomic mass is 32.2. The molecule has 8 nitrogen and oxygen atoms in total. The molecule has 3 rings (SSSR count). The van der Waals surface area contributed by atoms with E-state index in [9.17, 15) is 22.4 Å². The molecule has 166 valence electrons. The van der Waals surface area contributed by atoms with E-state index in [-0.39, 0.29) is 35.8 Å². The fourth-order valence-corrected chi connectivity index (χ4v) is 5.39. The second kappa shape index (κ2) is 9.84. The summed E-state index contributed by atoms with van der Waals surface area (Å²) < 4.78 is 40.1. The van der Waals surface area contributed by atoms with Crippen LogP contribution in [0, 0.1) is 5.82 Å². The molecule has 2 aliphatic heterocycles. The van der Waals surface area contributed by atoms with Gasteiger partial charge in [-0.25, -0.2) is 12.8 Å². The van der Waals surface area contributed by atoms with E-state index < -0.39 is 15.8 Å². The van der Waals surface area contributed by atoms with E-state index >= 15 is 0 Å². The minimum absolute atomic E-state index is 0.0597. The first-order chi connectivity index (χ1) is 14.3. The number of piperidine rings is 1. The van der Waals surface area contributed by atoms with Gasteiger partial charge < -0.3 is 10.2 Å². The molecule has 0 spiro atoms. The van der Waals surface area contributed by atoms with Gasteiger partial charge in [-0.05, 0) is 50.1 Å². The lowest BCUT2D eigenvalue weighted by Crippen LogP contribution is -2.48. The Labute approximate surface area is 177 Å². The Morgan fingerprint density at radius 3 is 2.33 bits per heavy atom. The van der Waals surface area contributed by atoms with Crippen LogP contribution in [0.4, 0.5) is 4.39 Å². The normalized spacial score (nSPS) is 20.0. The number of likely N-dealkylation sites (tertiary alicyclic amines) is 1. The molecular formula is C20H29FN4O4S. The van der Waals surface area contributed by atoms with Crippen LogP contribution in [0.15, 0.2) is 29.2 Å². The number of sulfonamides is 1. The predicted octanol–water partition coefficient (Wildman–Crippen LogP) is 0.649. The van der Waals surface area contributed by atoms with E-state index in [0.29, 0.717) is 39.1 Å². The quantitative estimate of drug-likeness (QED) is 0.726. The smallest absolute Gasteiger partial charge is 0.243 e. The predicted molar refractivity (Wildman–Crippen MR) is 110 cm³/mol. The Balaban J connectivity index is 1.49. The van der Waals surface area contributed by atoms with Gasteiger partial charge in [0, 0.05) is 45.7 Å². The van der Waals surface area contributed by atoms with Crippen LogP contribution in [0.25, 0.3) is 0 Å². The molecule has 2 aliphatic rings. The SMILES string of the molecule is CC(=O)N1CCC(NC(=O)CN2CCCN(S(=O)(=O)c3ccc(F)cc3)CC2)CC1. The first-order valence-corrected chi connectivity index (χ1v) is 11.7. The number of carbonyl (C=O) groups is 2. The van der Waals surface area contributed by atoms with Gasteiger partial charge in [0.05, 0.1) is 11.4 Å². The third-order valence-electron chi connectivity index (χ3n) is 5.67. The Morgan fingerprint density at radius 2 is 1.70 bits per heavy atom. The van der Waals surface area contributed by atoms with Gasteiger partial charge in [0.25, 0.3) is 0 Å². The first kappa shape index (κ1) is 22.6. The highest BCUT2D eigenvalue weighted by Gasteiger charge is 2.28. The fraction of sp³-hybridized carbons (Fsp3) is 0.600. The van der Waals surface area contributed by atoms with Crippen molar-refractivity contribution in [2.24, 2.45) is 0 Å². The zero-order chi connectivity index (χ0) is 21.7. The highest BCUT2D eigenvalue weighted by Crippen LogP contribution is 2.18. The number of benzene rings is 1. The average Bonchev–Trinajstić information content (AvgIpc) is 2.94. The van der Waals surface area contributed by atoms with Crippen molar-refractivity contribution in [3.05, 3.63) is 30.1 Å². The van der Waals surface area contributed by atoms with Crippen LogP contribution in [-0.4, -0.2) is 86.2 Å². The van der Waals surface area contributed by atoms with Crippen molar-refractivity contribution in [3.63, 3.8) is 0 Å². The molecule has 0 aromatic heterocycles. The van der Waals surface area contributed by atoms with E-state index in [0.717, 1.165) is 25.0 Å². The molecule has 30 heavy (non-hydrogen) atoms. The van der Waals surface area contributed by atoms with Gasteiger partial charge in [-0.15, -0.1) is 0 Å². The summed E-state index contributed by atoms with van der Waals surface area (Å²) in [6.45, 7) is 4.81. The molecule has 10 heteroatoms. The number of hydrogen-bond donors (Lipinski definition) is 1. The molecule has 2 amide bonds. The van der Waals surface area contributed by atoms with Crippen molar-refractivity contribution < 1.29 is 22.4 Å². The number of rotatable bonds is 5. The van der Waals surface area contributed by atoms with Crippen molar-refractivity contribution in [2.75, 3.05) is 45.8 Å². The number of carbonyl (C=O) groups excluding carboxylic acids is 2. The molecule has 2 fully saturated rings. The van der Waals surface area contributed by atoms with E-state index in [2.05, 4.69) is 5.32 Å². The van der Waals surface area contributed by atoms with Crippen molar-refractivity contribution in [1.82, 2.24) is 19.4 Å². The number of nitrogens with zero attached hydrogens (tertiary/aromatic N) is 3. The third kappa shape index (κ3) is 5.77. The summed E-state index contributed by atoms with van der Waals surface area (Å²) in [7, 11) is -3.68. The summed E-state index contributed by atoms with van der Waals surface area (Å²) in [6, 6.07) is 4.90. The molecule has 0 unspecified atom stereocenters. The fourth-order valence-electron chi connectivity index (χ4n) is 3.92. The summed E-state index contributed by atoms with van der Waals surface area (Å²) in [6.07, 6.45) is 2.11. The Kier molecular flexibility index (Phi) is 7.43. The highest BCUT2D eigenvalue weighted by molar-refractivity contribution is 7.89. The van der Waals surface area contributed by atoms with E-state index in [1.807, 2.05) is 4.90 Å². The van der Waals surface area contributed by atoms with E-state index in [4.69, 9.17) is 0 Å². The molecule has 1 aromatic carbocycles. The van der Waals surface area contributed by atoms with Crippen LogP contribution in [0.2, 0.25) is 0 Å². The molecule has 1 N–H and O–H groups in total. The standard InChI is InChI=1S/C20H29FN4O4S/c1-16(26)24-11-7-18(8-12-24)22-20(27)15-23-9-2-10-25(14-13-23)30(28,29)19-5-3-17(21)4-6-19/h3-6,18H,2,7-15H2,1H3,(H,22,27). The monoisotopic (exact) mass is 440 g/mol. The molecule has 2 saturated heterocycles. The van der Waals surface area contributed by atoms with Gasteiger partial charge in [0.1, 0.15) is 5.82 Å². The van der Waals surface area contributed by atoms with Crippen LogP contribution in [0.5, 0.6) is 0 Å². The van der Waals surface area contributed by atoms with E-state index in [1.165, 1.54) is 16.4 Å². The minimum atomic E-state index is -3.68. The van der Waals surface area contributed by atoms with Crippen molar-refractivity contribution in [2.45, 2.75) is 37.1 Å². The second-order valence-electron chi connectivity index (χ2n) is 7.84. The molecule has 2 heterocycles. The Hall–Kier alpha value is -2.04. The number of hydrogen-bond acceptors (Lipinski definition) is 5. The van der Waals surface area contributed by atoms with Crippen LogP contribution >= 0.6 is 0 Å². The molecule has 1 aromatic rings. The van der Waals surface area contributed by atoms with Gasteiger partial charge >= 0.3 is 0 Å². The maximum Gasteiger partial charge on any atom is 0.243 e. The van der Waals surface area contributed by atoms with Crippen molar-refractivity contribution in [3.8, 4) is 0 Å². The molecule has 0 aliphatic carbocycles. The molecule has 0 bridgehead atoms. The lowest BCUT2D eigenvalue weighted by Gasteiger charge is -2.32. The number of halogens is 1. The van der Waals surface area contributed by atoms with E-state index in [1.54, 1.807) is 11.8 Å². The van der Waals surface area contributed by atoms with Gasteiger partial charge in [0.15, 0.2) is 0 Å². The maximum absolute atomic E-state index is 13.1. The summed E-state index contributed by atoms with van der Waals surface area (Å²) in [4.78, 5) is 27.7. The molecule has 0 radical (unpaired) electrons. The average molecular weight is 441 g/mol. The van der Waals surface area contributed by atoms with Crippen molar-refractivity contribution in [1.29, 1.82) is 0 Å². The van der Waals surface area contributed by atoms with Crippen LogP contribution in [-0.2, 0) is 19.6 Å². The van der Waals surface area contributed by atoms with Gasteiger partial charge in [0.2, 0.25) is 21.8 Å². The largest absolute Gasteiger partial charge is 0.352 e. The van der Waals surface area contributed by atoms with Gasteiger partial charge in [-0.3, -0.25) is 14.5 Å². The summed E-state index contributed by atoms with van der Waals surface area (Å²) >= 11 is 0. The van der Waals surface area contributed by atoms with Crippen LogP contribution in [0.1, 0.15) is 26.2 Å². The summed E-state index contributed by atoms with van der Waals surface area (Å²) in [5, 5.41) is 3.03. The lowest BCUT2D eigenvalue weighted by atomic mass is 10.1. The summed E-state index contributed by atoms with van der Waals surface area (Å²) in [5.41, 5.74) is 0. The zero-order valence-electron chi connectivity index (χ0n) is 17.2. The Bertz CT molecular complexity index is 854. The minimum Gasteiger partial charge on any atom is -0.352 e. The van der Waals surface area contributed by atoms with Crippen LogP contribution < -0.4 is 5.32 Å². The lowest BCUT2D eigenvalue weighted by molar-refractivity contribution is -0.130. The third-order valence-corrected chi connectivity index (χ3v) is 7.58. The topological polar surface area (TPSA) is 90.0 Å².